The minimum atomic E-state index is -0.251. The van der Waals surface area contributed by atoms with E-state index in [1.807, 2.05) is 24.3 Å². The van der Waals surface area contributed by atoms with Crippen LogP contribution in [0.1, 0.15) is 10.5 Å². The predicted molar refractivity (Wildman–Crippen MR) is 82.8 cm³/mol. The van der Waals surface area contributed by atoms with E-state index in [-0.39, 0.29) is 5.91 Å². The number of rotatable bonds is 4. The van der Waals surface area contributed by atoms with Crippen LogP contribution in [0, 0.1) is 0 Å². The molecule has 0 aliphatic carbocycles. The largest absolute Gasteiger partial charge is 0.497 e. The zero-order valence-electron chi connectivity index (χ0n) is 11.9. The summed E-state index contributed by atoms with van der Waals surface area (Å²) in [6.45, 7) is 0. The smallest absolute Gasteiger partial charge is 0.273 e. The molecule has 6 heteroatoms. The first-order valence-electron chi connectivity index (χ1n) is 6.67. The molecule has 1 amide bonds. The van der Waals surface area contributed by atoms with Gasteiger partial charge in [-0.1, -0.05) is 0 Å². The number of benzene rings is 1. The number of hydrogen-bond acceptors (Lipinski definition) is 4. The molecule has 2 aromatic heterocycles. The third-order valence-electron chi connectivity index (χ3n) is 3.15. The first-order chi connectivity index (χ1) is 10.8. The minimum absolute atomic E-state index is 0.251. The Morgan fingerprint density at radius 1 is 1.14 bits per heavy atom. The van der Waals surface area contributed by atoms with Gasteiger partial charge in [0.2, 0.25) is 0 Å². The van der Waals surface area contributed by atoms with Gasteiger partial charge in [0.15, 0.2) is 0 Å². The van der Waals surface area contributed by atoms with E-state index < -0.39 is 0 Å². The summed E-state index contributed by atoms with van der Waals surface area (Å²) in [4.78, 5) is 16.0. The van der Waals surface area contributed by atoms with Crippen LogP contribution in [0.25, 0.3) is 11.3 Å². The number of ether oxygens (including phenoxy) is 1. The van der Waals surface area contributed by atoms with Gasteiger partial charge in [-0.3, -0.25) is 14.9 Å². The molecule has 0 radical (unpaired) electrons. The highest BCUT2D eigenvalue weighted by atomic mass is 16.5. The number of nitrogens with zero attached hydrogens (tertiary/aromatic N) is 2. The van der Waals surface area contributed by atoms with Crippen molar-refractivity contribution in [2.45, 2.75) is 0 Å². The van der Waals surface area contributed by atoms with Crippen molar-refractivity contribution < 1.29 is 9.53 Å². The predicted octanol–water partition coefficient (Wildman–Crippen LogP) is 2.73. The van der Waals surface area contributed by atoms with E-state index in [1.54, 1.807) is 37.7 Å². The number of amides is 1. The van der Waals surface area contributed by atoms with Gasteiger partial charge in [0.05, 0.1) is 12.8 Å². The van der Waals surface area contributed by atoms with Gasteiger partial charge in [0, 0.05) is 23.6 Å². The number of hydrogen-bond donors (Lipinski definition) is 2. The summed E-state index contributed by atoms with van der Waals surface area (Å²) in [5, 5.41) is 9.68. The van der Waals surface area contributed by atoms with Crippen molar-refractivity contribution in [3.8, 4) is 17.0 Å². The Morgan fingerprint density at radius 3 is 2.55 bits per heavy atom. The van der Waals surface area contributed by atoms with Crippen LogP contribution in [0.4, 0.5) is 5.69 Å². The molecule has 22 heavy (non-hydrogen) atoms. The summed E-state index contributed by atoms with van der Waals surface area (Å²) in [7, 11) is 1.62. The van der Waals surface area contributed by atoms with Crippen LogP contribution < -0.4 is 10.1 Å². The summed E-state index contributed by atoms with van der Waals surface area (Å²) in [5.74, 6) is 0.522. The number of carbonyl (C=O) groups excluding carboxylic acids is 1. The lowest BCUT2D eigenvalue weighted by atomic mass is 10.1. The fourth-order valence-electron chi connectivity index (χ4n) is 1.98. The Hall–Kier alpha value is -3.15. The van der Waals surface area contributed by atoms with Crippen molar-refractivity contribution in [1.82, 2.24) is 15.2 Å². The third kappa shape index (κ3) is 2.95. The molecule has 0 aliphatic rings. The van der Waals surface area contributed by atoms with Crippen molar-refractivity contribution in [1.29, 1.82) is 0 Å². The molecule has 6 nitrogen and oxygen atoms in total. The fraction of sp³-hybridized carbons (Fsp3) is 0.0625. The first kappa shape index (κ1) is 13.8. The molecule has 0 atom stereocenters. The Labute approximate surface area is 127 Å². The maximum absolute atomic E-state index is 12.1. The summed E-state index contributed by atoms with van der Waals surface area (Å²) in [6, 6.07) is 12.6. The number of nitrogens with one attached hydrogen (secondary N) is 2. The molecule has 0 saturated heterocycles. The van der Waals surface area contributed by atoms with Crippen LogP contribution in [0.2, 0.25) is 0 Å². The Morgan fingerprint density at radius 2 is 1.86 bits per heavy atom. The van der Waals surface area contributed by atoms with Gasteiger partial charge in [-0.05, 0) is 42.5 Å². The van der Waals surface area contributed by atoms with Gasteiger partial charge < -0.3 is 10.1 Å². The topological polar surface area (TPSA) is 79.9 Å². The molecule has 0 aliphatic heterocycles. The number of anilines is 1. The van der Waals surface area contributed by atoms with Gasteiger partial charge in [-0.15, -0.1) is 0 Å². The van der Waals surface area contributed by atoms with Crippen molar-refractivity contribution in [2.24, 2.45) is 0 Å². The first-order valence-corrected chi connectivity index (χ1v) is 6.67. The van der Waals surface area contributed by atoms with Crippen LogP contribution in [0.3, 0.4) is 0 Å². The molecule has 0 unspecified atom stereocenters. The normalized spacial score (nSPS) is 10.2. The molecule has 0 spiro atoms. The SMILES string of the molecule is COc1ccc(-c2cc(C(=O)Nc3ccncc3)[nH]n2)cc1. The molecular formula is C16H14N4O2. The van der Waals surface area contributed by atoms with Crippen LogP contribution in [-0.4, -0.2) is 28.2 Å². The molecule has 110 valence electrons. The van der Waals surface area contributed by atoms with Crippen LogP contribution in [0.5, 0.6) is 5.75 Å². The summed E-state index contributed by atoms with van der Waals surface area (Å²) in [6.07, 6.45) is 3.23. The molecule has 0 fully saturated rings. The maximum atomic E-state index is 12.1. The van der Waals surface area contributed by atoms with Gasteiger partial charge >= 0.3 is 0 Å². The van der Waals surface area contributed by atoms with Crippen LogP contribution in [0.15, 0.2) is 54.9 Å². The maximum Gasteiger partial charge on any atom is 0.273 e. The second-order valence-electron chi connectivity index (χ2n) is 4.59. The number of methoxy groups -OCH3 is 1. The highest BCUT2D eigenvalue weighted by molar-refractivity contribution is 6.03. The average molecular weight is 294 g/mol. The molecule has 2 heterocycles. The highest BCUT2D eigenvalue weighted by Crippen LogP contribution is 2.21. The molecule has 1 aromatic carbocycles. The number of H-pyrrole nitrogens is 1. The van der Waals surface area contributed by atoms with Crippen molar-refractivity contribution in [2.75, 3.05) is 12.4 Å². The van der Waals surface area contributed by atoms with Crippen molar-refractivity contribution in [3.63, 3.8) is 0 Å². The number of aromatic amines is 1. The summed E-state index contributed by atoms with van der Waals surface area (Å²) in [5.41, 5.74) is 2.67. The lowest BCUT2D eigenvalue weighted by molar-refractivity contribution is 0.102. The number of pyridine rings is 1. The van der Waals surface area contributed by atoms with E-state index >= 15 is 0 Å². The summed E-state index contributed by atoms with van der Waals surface area (Å²) < 4.78 is 5.12. The van der Waals surface area contributed by atoms with E-state index in [9.17, 15) is 4.79 Å². The lowest BCUT2D eigenvalue weighted by Crippen LogP contribution is -2.12. The molecule has 0 bridgehead atoms. The van der Waals surface area contributed by atoms with E-state index in [0.717, 1.165) is 11.3 Å². The van der Waals surface area contributed by atoms with E-state index in [0.29, 0.717) is 17.1 Å². The lowest BCUT2D eigenvalue weighted by Gasteiger charge is -2.01. The zero-order chi connectivity index (χ0) is 15.4. The monoisotopic (exact) mass is 294 g/mol. The van der Waals surface area contributed by atoms with Gasteiger partial charge in [0.1, 0.15) is 11.4 Å². The second kappa shape index (κ2) is 6.09. The highest BCUT2D eigenvalue weighted by Gasteiger charge is 2.11. The standard InChI is InChI=1S/C16H14N4O2/c1-22-13-4-2-11(3-5-13)14-10-15(20-19-14)16(21)18-12-6-8-17-9-7-12/h2-10H,1H3,(H,19,20)(H,17,18,21). The Kier molecular flexibility index (Phi) is 3.82. The quantitative estimate of drug-likeness (QED) is 0.775. The molecule has 2 N–H and O–H groups in total. The number of carbonyl (C=O) groups is 1. The van der Waals surface area contributed by atoms with Gasteiger partial charge in [0.25, 0.3) is 5.91 Å². The Balaban J connectivity index is 1.76. The molecule has 0 saturated carbocycles. The van der Waals surface area contributed by atoms with Gasteiger partial charge in [-0.25, -0.2) is 0 Å². The van der Waals surface area contributed by atoms with E-state index in [1.165, 1.54) is 0 Å². The number of aromatic nitrogens is 3. The van der Waals surface area contributed by atoms with Crippen LogP contribution in [-0.2, 0) is 0 Å². The minimum Gasteiger partial charge on any atom is -0.497 e. The second-order valence-corrected chi connectivity index (χ2v) is 4.59. The van der Waals surface area contributed by atoms with Crippen molar-refractivity contribution in [3.05, 3.63) is 60.6 Å². The third-order valence-corrected chi connectivity index (χ3v) is 3.15. The average Bonchev–Trinajstić information content (AvgIpc) is 3.06. The molecule has 3 rings (SSSR count). The van der Waals surface area contributed by atoms with E-state index in [2.05, 4.69) is 20.5 Å². The molecule has 3 aromatic rings. The van der Waals surface area contributed by atoms with Crippen molar-refractivity contribution >= 4 is 11.6 Å². The fourth-order valence-corrected chi connectivity index (χ4v) is 1.98. The Bertz CT molecular complexity index is 766. The molecular weight excluding hydrogens is 280 g/mol. The van der Waals surface area contributed by atoms with E-state index in [4.69, 9.17) is 4.74 Å². The van der Waals surface area contributed by atoms with Crippen LogP contribution >= 0.6 is 0 Å². The summed E-state index contributed by atoms with van der Waals surface area (Å²) >= 11 is 0. The van der Waals surface area contributed by atoms with Gasteiger partial charge in [-0.2, -0.15) is 5.10 Å². The zero-order valence-corrected chi connectivity index (χ0v) is 11.9.